The predicted molar refractivity (Wildman–Crippen MR) is 157 cm³/mol. The molecule has 7 aromatic rings. The number of hydrogen-bond donors (Lipinski definition) is 3. The van der Waals surface area contributed by atoms with Gasteiger partial charge in [-0.05, 0) is 90.6 Å². The van der Waals surface area contributed by atoms with Crippen molar-refractivity contribution >= 4 is 33.1 Å². The Morgan fingerprint density at radius 2 is 0.718 bits per heavy atom. The highest BCUT2D eigenvalue weighted by molar-refractivity contribution is 5.76. The lowest BCUT2D eigenvalue weighted by atomic mass is 9.84. The van der Waals surface area contributed by atoms with Crippen LogP contribution in [0.25, 0.3) is 33.1 Å². The number of aromatic nitrogens is 6. The van der Waals surface area contributed by atoms with Crippen LogP contribution in [0.1, 0.15) is 50.9 Å². The first kappa shape index (κ1) is 23.4. The van der Waals surface area contributed by atoms with Gasteiger partial charge >= 0.3 is 0 Å². The van der Waals surface area contributed by atoms with Crippen LogP contribution in [0.15, 0.2) is 72.8 Å². The zero-order valence-electron chi connectivity index (χ0n) is 22.4. The molecule has 0 spiro atoms. The van der Waals surface area contributed by atoms with E-state index in [9.17, 15) is 0 Å². The first-order valence-corrected chi connectivity index (χ1v) is 13.4. The van der Waals surface area contributed by atoms with E-state index < -0.39 is 0 Å². The van der Waals surface area contributed by atoms with E-state index in [0.717, 1.165) is 69.8 Å². The molecule has 7 rings (SSSR count). The number of rotatable bonds is 6. The highest BCUT2D eigenvalue weighted by Crippen LogP contribution is 2.32. The average molecular weight is 511 g/mol. The molecular weight excluding hydrogens is 480 g/mol. The van der Waals surface area contributed by atoms with Crippen LogP contribution in [0.2, 0.25) is 0 Å². The van der Waals surface area contributed by atoms with Crippen molar-refractivity contribution in [2.75, 3.05) is 0 Å². The summed E-state index contributed by atoms with van der Waals surface area (Å²) in [7, 11) is 0. The van der Waals surface area contributed by atoms with Crippen molar-refractivity contribution in [1.29, 1.82) is 0 Å². The maximum absolute atomic E-state index is 4.91. The van der Waals surface area contributed by atoms with Crippen molar-refractivity contribution in [2.24, 2.45) is 0 Å². The molecule has 3 aromatic heterocycles. The third-order valence-electron chi connectivity index (χ3n) is 8.06. The summed E-state index contributed by atoms with van der Waals surface area (Å²) in [6, 6.07) is 24.7. The molecule has 0 bridgehead atoms. The maximum Gasteiger partial charge on any atom is 0.111 e. The van der Waals surface area contributed by atoms with Gasteiger partial charge in [-0.25, -0.2) is 15.0 Å². The molecule has 0 aliphatic heterocycles. The van der Waals surface area contributed by atoms with Gasteiger partial charge in [0.1, 0.15) is 17.5 Å². The molecule has 192 valence electrons. The molecule has 0 saturated carbocycles. The third kappa shape index (κ3) is 4.18. The SMILES string of the molecule is Cc1c(Cc2nc3ccccc3[nH]2)c(C)c(Cc2nc3ccccc3[nH]2)c(C)c1Cc1nc2ccccc2[nH]1. The maximum atomic E-state index is 4.91. The summed E-state index contributed by atoms with van der Waals surface area (Å²) < 4.78 is 0. The van der Waals surface area contributed by atoms with Gasteiger partial charge in [-0.2, -0.15) is 0 Å². The lowest BCUT2D eigenvalue weighted by Crippen LogP contribution is -2.11. The Kier molecular flexibility index (Phi) is 5.55. The second-order valence-corrected chi connectivity index (χ2v) is 10.4. The lowest BCUT2D eigenvalue weighted by molar-refractivity contribution is 0.929. The van der Waals surface area contributed by atoms with Crippen LogP contribution in [0, 0.1) is 20.8 Å². The summed E-state index contributed by atoms with van der Waals surface area (Å²) >= 11 is 0. The molecule has 6 nitrogen and oxygen atoms in total. The molecule has 4 aromatic carbocycles. The number of aromatic amines is 3. The van der Waals surface area contributed by atoms with Gasteiger partial charge in [0.05, 0.1) is 33.1 Å². The normalized spacial score (nSPS) is 11.8. The summed E-state index contributed by atoms with van der Waals surface area (Å²) in [6.07, 6.45) is 2.23. The molecule has 3 N–H and O–H groups in total. The van der Waals surface area contributed by atoms with Crippen LogP contribution in [0.4, 0.5) is 0 Å². The van der Waals surface area contributed by atoms with Gasteiger partial charge in [0, 0.05) is 19.3 Å². The molecule has 0 radical (unpaired) electrons. The first-order valence-electron chi connectivity index (χ1n) is 13.4. The Labute approximate surface area is 226 Å². The second-order valence-electron chi connectivity index (χ2n) is 10.4. The molecule has 0 atom stereocenters. The molecule has 0 aliphatic carbocycles. The van der Waals surface area contributed by atoms with Crippen molar-refractivity contribution in [1.82, 2.24) is 29.9 Å². The van der Waals surface area contributed by atoms with Gasteiger partial charge in [0.25, 0.3) is 0 Å². The Hall–Kier alpha value is -4.71. The van der Waals surface area contributed by atoms with Crippen LogP contribution in [0.5, 0.6) is 0 Å². The van der Waals surface area contributed by atoms with Crippen molar-refractivity contribution < 1.29 is 0 Å². The molecule has 0 unspecified atom stereocenters. The van der Waals surface area contributed by atoms with Crippen molar-refractivity contribution in [3.8, 4) is 0 Å². The Balaban J connectivity index is 1.35. The van der Waals surface area contributed by atoms with Crippen LogP contribution in [-0.4, -0.2) is 29.9 Å². The first-order chi connectivity index (χ1) is 19.0. The largest absolute Gasteiger partial charge is 0.342 e. The van der Waals surface area contributed by atoms with E-state index in [1.807, 2.05) is 36.4 Å². The molecule has 39 heavy (non-hydrogen) atoms. The lowest BCUT2D eigenvalue weighted by Gasteiger charge is -2.21. The number of hydrogen-bond acceptors (Lipinski definition) is 3. The smallest absolute Gasteiger partial charge is 0.111 e. The van der Waals surface area contributed by atoms with Gasteiger partial charge < -0.3 is 15.0 Å². The van der Waals surface area contributed by atoms with E-state index in [2.05, 4.69) is 72.1 Å². The predicted octanol–water partition coefficient (Wildman–Crippen LogP) is 7.01. The van der Waals surface area contributed by atoms with E-state index in [1.165, 1.54) is 33.4 Å². The Morgan fingerprint density at radius 3 is 1.00 bits per heavy atom. The van der Waals surface area contributed by atoms with Gasteiger partial charge in [0.2, 0.25) is 0 Å². The van der Waals surface area contributed by atoms with E-state index in [-0.39, 0.29) is 0 Å². The molecule has 0 fully saturated rings. The molecule has 3 heterocycles. The minimum atomic E-state index is 0.743. The molecular formula is C33H30N6. The van der Waals surface area contributed by atoms with Crippen molar-refractivity contribution in [2.45, 2.75) is 40.0 Å². The van der Waals surface area contributed by atoms with Crippen LogP contribution in [0.3, 0.4) is 0 Å². The fourth-order valence-electron chi connectivity index (χ4n) is 5.96. The fraction of sp³-hybridized carbons (Fsp3) is 0.182. The summed E-state index contributed by atoms with van der Waals surface area (Å²) in [5, 5.41) is 0. The third-order valence-corrected chi connectivity index (χ3v) is 8.06. The zero-order valence-corrected chi connectivity index (χ0v) is 22.4. The topological polar surface area (TPSA) is 86.0 Å². The Morgan fingerprint density at radius 1 is 0.436 bits per heavy atom. The summed E-state index contributed by atoms with van der Waals surface area (Å²) in [6.45, 7) is 6.75. The second kappa shape index (κ2) is 9.24. The van der Waals surface area contributed by atoms with E-state index in [4.69, 9.17) is 15.0 Å². The van der Waals surface area contributed by atoms with Gasteiger partial charge in [-0.3, -0.25) is 0 Å². The molecule has 0 amide bonds. The quantitative estimate of drug-likeness (QED) is 0.225. The number of benzene rings is 4. The number of imidazole rings is 3. The summed E-state index contributed by atoms with van der Waals surface area (Å²) in [4.78, 5) is 25.3. The fourth-order valence-corrected chi connectivity index (χ4v) is 5.96. The van der Waals surface area contributed by atoms with E-state index >= 15 is 0 Å². The summed E-state index contributed by atoms with van der Waals surface area (Å²) in [5.41, 5.74) is 14.1. The molecule has 0 aliphatic rings. The van der Waals surface area contributed by atoms with E-state index in [1.54, 1.807) is 0 Å². The molecule has 0 saturated heterocycles. The average Bonchev–Trinajstić information content (AvgIpc) is 3.66. The highest BCUT2D eigenvalue weighted by atomic mass is 14.9. The number of H-pyrrole nitrogens is 3. The minimum Gasteiger partial charge on any atom is -0.342 e. The van der Waals surface area contributed by atoms with Gasteiger partial charge in [-0.15, -0.1) is 0 Å². The number of fused-ring (bicyclic) bond motifs is 3. The standard InChI is InChI=1S/C33H30N6/c1-19-22(16-31-34-25-10-4-5-11-26(25)35-31)20(2)24(18-33-38-29-14-8-9-15-30(29)39-33)21(3)23(19)17-32-36-27-12-6-7-13-28(27)37-32/h4-15H,16-18H2,1-3H3,(H,34,35)(H,36,37)(H,38,39). The molecule has 6 heteroatoms. The number of nitrogens with one attached hydrogen (secondary N) is 3. The highest BCUT2D eigenvalue weighted by Gasteiger charge is 2.21. The monoisotopic (exact) mass is 510 g/mol. The van der Waals surface area contributed by atoms with Crippen LogP contribution >= 0.6 is 0 Å². The van der Waals surface area contributed by atoms with Crippen LogP contribution < -0.4 is 0 Å². The van der Waals surface area contributed by atoms with E-state index in [0.29, 0.717) is 0 Å². The van der Waals surface area contributed by atoms with Gasteiger partial charge in [0.15, 0.2) is 0 Å². The number of para-hydroxylation sites is 6. The van der Waals surface area contributed by atoms with Crippen molar-refractivity contribution in [3.05, 3.63) is 124 Å². The Bertz CT molecular complexity index is 1640. The summed E-state index contributed by atoms with van der Waals surface area (Å²) in [5.74, 6) is 2.95. The van der Waals surface area contributed by atoms with Gasteiger partial charge in [-0.1, -0.05) is 36.4 Å². The van der Waals surface area contributed by atoms with Crippen LogP contribution in [-0.2, 0) is 19.3 Å². The van der Waals surface area contributed by atoms with Crippen molar-refractivity contribution in [3.63, 3.8) is 0 Å². The minimum absolute atomic E-state index is 0.743. The zero-order chi connectivity index (χ0) is 26.5. The number of nitrogens with zero attached hydrogens (tertiary/aromatic N) is 3.